The summed E-state index contributed by atoms with van der Waals surface area (Å²) in [5, 5.41) is 8.01. The molecule has 1 saturated carbocycles. The van der Waals surface area contributed by atoms with Crippen LogP contribution in [0.5, 0.6) is 11.5 Å². The molecule has 3 heterocycles. The van der Waals surface area contributed by atoms with Crippen molar-refractivity contribution in [2.24, 2.45) is 0 Å². The summed E-state index contributed by atoms with van der Waals surface area (Å²) in [4.78, 5) is 29.4. The van der Waals surface area contributed by atoms with E-state index in [1.54, 1.807) is 9.58 Å². The molecule has 8 nitrogen and oxygen atoms in total. The molecule has 0 unspecified atom stereocenters. The Kier molecular flexibility index (Phi) is 6.47. The lowest BCUT2D eigenvalue weighted by Gasteiger charge is -2.44. The topological polar surface area (TPSA) is 85.7 Å². The molecule has 1 fully saturated rings. The average molecular weight is 481 g/mol. The number of nitrogens with one attached hydrogen (secondary N) is 1. The first-order valence-corrected chi connectivity index (χ1v) is 12.9. The number of hydrogen-bond donors (Lipinski definition) is 1. The van der Waals surface area contributed by atoms with Crippen LogP contribution in [0, 0.1) is 0 Å². The van der Waals surface area contributed by atoms with Crippen LogP contribution in [0.3, 0.4) is 0 Å². The quantitative estimate of drug-likeness (QED) is 0.687. The molecule has 1 N–H and O–H groups in total. The molecule has 0 bridgehead atoms. The Morgan fingerprint density at radius 1 is 1.11 bits per heavy atom. The lowest BCUT2D eigenvalue weighted by Crippen LogP contribution is -2.64. The molecule has 5 rings (SSSR count). The lowest BCUT2D eigenvalue weighted by molar-refractivity contribution is -0.134. The molecule has 0 spiro atoms. The standard InChI is InChI=1S/C27H36N4O4/c1-18(2)21-14-22-25(32)30(15-19-11-12-23-24(13-19)35-17-34-23)27(3,16-31(22)29-21)26(33)28-20-9-7-5-4-6-8-10-20/h11-14,18,20H,4-10,15-17H2,1-3H3,(H,28,33)/t27-/m0/s1. The molecular formula is C27H36N4O4. The molecule has 1 aliphatic carbocycles. The van der Waals surface area contributed by atoms with Crippen LogP contribution in [-0.4, -0.2) is 44.9 Å². The van der Waals surface area contributed by atoms with Crippen molar-refractivity contribution >= 4 is 11.8 Å². The molecule has 3 aliphatic rings. The monoisotopic (exact) mass is 480 g/mol. The van der Waals surface area contributed by atoms with E-state index in [0.29, 0.717) is 30.3 Å². The van der Waals surface area contributed by atoms with Crippen molar-refractivity contribution in [2.75, 3.05) is 6.79 Å². The zero-order valence-corrected chi connectivity index (χ0v) is 21.0. The second kappa shape index (κ2) is 9.55. The van der Waals surface area contributed by atoms with Gasteiger partial charge in [0.2, 0.25) is 12.7 Å². The smallest absolute Gasteiger partial charge is 0.273 e. The second-order valence-corrected chi connectivity index (χ2v) is 10.6. The van der Waals surface area contributed by atoms with Crippen LogP contribution in [0.15, 0.2) is 24.3 Å². The molecule has 35 heavy (non-hydrogen) atoms. The number of rotatable bonds is 5. The maximum absolute atomic E-state index is 13.9. The molecular weight excluding hydrogens is 444 g/mol. The minimum Gasteiger partial charge on any atom is -0.454 e. The fraction of sp³-hybridized carbons (Fsp3) is 0.593. The molecule has 0 radical (unpaired) electrons. The Bertz CT molecular complexity index is 1100. The Hall–Kier alpha value is -3.03. The largest absolute Gasteiger partial charge is 0.454 e. The van der Waals surface area contributed by atoms with E-state index < -0.39 is 5.54 Å². The Labute approximate surface area is 207 Å². The van der Waals surface area contributed by atoms with E-state index in [0.717, 1.165) is 36.9 Å². The van der Waals surface area contributed by atoms with E-state index in [4.69, 9.17) is 14.6 Å². The molecule has 2 amide bonds. The van der Waals surface area contributed by atoms with Crippen molar-refractivity contribution < 1.29 is 19.1 Å². The predicted molar refractivity (Wildman–Crippen MR) is 131 cm³/mol. The highest BCUT2D eigenvalue weighted by Gasteiger charge is 2.48. The van der Waals surface area contributed by atoms with Crippen LogP contribution in [0.1, 0.15) is 93.4 Å². The lowest BCUT2D eigenvalue weighted by atomic mass is 9.91. The predicted octanol–water partition coefficient (Wildman–Crippen LogP) is 4.38. The summed E-state index contributed by atoms with van der Waals surface area (Å²) in [6, 6.07) is 7.70. The van der Waals surface area contributed by atoms with Gasteiger partial charge >= 0.3 is 0 Å². The molecule has 188 valence electrons. The molecule has 2 aromatic rings. The number of carbonyl (C=O) groups excluding carboxylic acids is 2. The molecule has 1 atom stereocenters. The molecule has 2 aliphatic heterocycles. The molecule has 1 aromatic heterocycles. The number of carbonyl (C=O) groups is 2. The first kappa shape index (κ1) is 23.7. The van der Waals surface area contributed by atoms with Gasteiger partial charge in [-0.25, -0.2) is 0 Å². The number of aromatic nitrogens is 2. The van der Waals surface area contributed by atoms with Gasteiger partial charge in [0.1, 0.15) is 11.2 Å². The third kappa shape index (κ3) is 4.62. The fourth-order valence-electron chi connectivity index (χ4n) is 5.35. The highest BCUT2D eigenvalue weighted by atomic mass is 16.7. The van der Waals surface area contributed by atoms with E-state index in [1.807, 2.05) is 31.2 Å². The minimum absolute atomic E-state index is 0.107. The minimum atomic E-state index is -1.07. The average Bonchev–Trinajstić information content (AvgIpc) is 3.45. The Balaban J connectivity index is 1.46. The summed E-state index contributed by atoms with van der Waals surface area (Å²) >= 11 is 0. The summed E-state index contributed by atoms with van der Waals surface area (Å²) in [5.74, 6) is 1.27. The Morgan fingerprint density at radius 2 is 1.83 bits per heavy atom. The third-order valence-electron chi connectivity index (χ3n) is 7.62. The van der Waals surface area contributed by atoms with Crippen molar-refractivity contribution in [2.45, 2.75) is 96.3 Å². The molecule has 1 aromatic carbocycles. The van der Waals surface area contributed by atoms with Crippen LogP contribution >= 0.6 is 0 Å². The van der Waals surface area contributed by atoms with Gasteiger partial charge in [-0.1, -0.05) is 52.0 Å². The van der Waals surface area contributed by atoms with Crippen LogP contribution in [0.2, 0.25) is 0 Å². The van der Waals surface area contributed by atoms with Gasteiger partial charge < -0.3 is 19.7 Å². The maximum atomic E-state index is 13.9. The highest BCUT2D eigenvalue weighted by Crippen LogP contribution is 2.35. The summed E-state index contributed by atoms with van der Waals surface area (Å²) in [6.07, 6.45) is 7.94. The van der Waals surface area contributed by atoms with E-state index in [1.165, 1.54) is 19.3 Å². The van der Waals surface area contributed by atoms with Crippen LogP contribution in [-0.2, 0) is 17.9 Å². The maximum Gasteiger partial charge on any atom is 0.273 e. The number of benzene rings is 1. The van der Waals surface area contributed by atoms with E-state index in [2.05, 4.69) is 19.2 Å². The van der Waals surface area contributed by atoms with Crippen molar-refractivity contribution in [1.82, 2.24) is 20.0 Å². The van der Waals surface area contributed by atoms with E-state index in [-0.39, 0.29) is 30.6 Å². The van der Waals surface area contributed by atoms with Gasteiger partial charge in [0.05, 0.1) is 12.2 Å². The van der Waals surface area contributed by atoms with Gasteiger partial charge in [0.15, 0.2) is 11.5 Å². The first-order chi connectivity index (χ1) is 16.8. The number of nitrogens with zero attached hydrogens (tertiary/aromatic N) is 3. The zero-order valence-electron chi connectivity index (χ0n) is 21.0. The van der Waals surface area contributed by atoms with Crippen molar-refractivity contribution in [3.05, 3.63) is 41.2 Å². The van der Waals surface area contributed by atoms with Gasteiger partial charge in [-0.15, -0.1) is 0 Å². The molecule has 8 heteroatoms. The number of amides is 2. The van der Waals surface area contributed by atoms with Crippen molar-refractivity contribution in [3.8, 4) is 11.5 Å². The SMILES string of the molecule is CC(C)c1cc2n(n1)C[C@@](C)(C(=O)NC1CCCCCCC1)N(Cc1ccc3c(c1)OCO3)C2=O. The van der Waals surface area contributed by atoms with Crippen LogP contribution < -0.4 is 14.8 Å². The van der Waals surface area contributed by atoms with Crippen molar-refractivity contribution in [1.29, 1.82) is 0 Å². The zero-order chi connectivity index (χ0) is 24.6. The Morgan fingerprint density at radius 3 is 2.57 bits per heavy atom. The van der Waals surface area contributed by atoms with Gasteiger partial charge in [0.25, 0.3) is 5.91 Å². The van der Waals surface area contributed by atoms with Crippen molar-refractivity contribution in [3.63, 3.8) is 0 Å². The number of fused-ring (bicyclic) bond motifs is 2. The van der Waals surface area contributed by atoms with Gasteiger partial charge in [0, 0.05) is 12.6 Å². The van der Waals surface area contributed by atoms with Gasteiger partial charge in [-0.2, -0.15) is 5.10 Å². The second-order valence-electron chi connectivity index (χ2n) is 10.6. The number of ether oxygens (including phenoxy) is 2. The molecule has 0 saturated heterocycles. The first-order valence-electron chi connectivity index (χ1n) is 12.9. The summed E-state index contributed by atoms with van der Waals surface area (Å²) < 4.78 is 12.7. The highest BCUT2D eigenvalue weighted by molar-refractivity contribution is 5.99. The normalized spacial score (nSPS) is 22.6. The van der Waals surface area contributed by atoms with E-state index in [9.17, 15) is 9.59 Å². The third-order valence-corrected chi connectivity index (χ3v) is 7.62. The summed E-state index contributed by atoms with van der Waals surface area (Å²) in [6.45, 7) is 6.81. The summed E-state index contributed by atoms with van der Waals surface area (Å²) in [5.41, 5.74) is 1.22. The van der Waals surface area contributed by atoms with E-state index >= 15 is 0 Å². The van der Waals surface area contributed by atoms with Crippen LogP contribution in [0.25, 0.3) is 0 Å². The van der Waals surface area contributed by atoms with Gasteiger partial charge in [-0.05, 0) is 49.4 Å². The number of hydrogen-bond acceptors (Lipinski definition) is 5. The van der Waals surface area contributed by atoms with Crippen LogP contribution in [0.4, 0.5) is 0 Å². The fourth-order valence-corrected chi connectivity index (χ4v) is 5.35. The summed E-state index contributed by atoms with van der Waals surface area (Å²) in [7, 11) is 0. The van der Waals surface area contributed by atoms with Gasteiger partial charge in [-0.3, -0.25) is 14.3 Å².